The van der Waals surface area contributed by atoms with Crippen LogP contribution < -0.4 is 5.32 Å². The van der Waals surface area contributed by atoms with Gasteiger partial charge in [0.2, 0.25) is 0 Å². The van der Waals surface area contributed by atoms with Gasteiger partial charge in [-0.25, -0.2) is 0 Å². The molecule has 106 valence electrons. The fourth-order valence-corrected chi connectivity index (χ4v) is 2.57. The van der Waals surface area contributed by atoms with Gasteiger partial charge in [-0.15, -0.1) is 0 Å². The van der Waals surface area contributed by atoms with Crippen molar-refractivity contribution in [3.05, 3.63) is 42.0 Å². The van der Waals surface area contributed by atoms with Gasteiger partial charge in [0.25, 0.3) is 5.91 Å². The van der Waals surface area contributed by atoms with E-state index in [4.69, 9.17) is 0 Å². The molecular weight excluding hydrogens is 274 g/mol. The number of phenols is 1. The van der Waals surface area contributed by atoms with E-state index in [1.54, 1.807) is 18.2 Å². The van der Waals surface area contributed by atoms with E-state index in [-0.39, 0.29) is 17.2 Å². The highest BCUT2D eigenvalue weighted by Gasteiger charge is 2.13. The van der Waals surface area contributed by atoms with Crippen LogP contribution in [0.2, 0.25) is 0 Å². The first kappa shape index (κ1) is 14.5. The zero-order chi connectivity index (χ0) is 14.5. The van der Waals surface area contributed by atoms with Crippen LogP contribution in [-0.2, 0) is 10.8 Å². The summed E-state index contributed by atoms with van der Waals surface area (Å²) in [6.07, 6.45) is 0. The Hall–Kier alpha value is -1.88. The number of aromatic hydroxyl groups is 1. The zero-order valence-electron chi connectivity index (χ0n) is 11.3. The van der Waals surface area contributed by atoms with Gasteiger partial charge in [-0.05, 0) is 11.5 Å². The fourth-order valence-electron chi connectivity index (χ4n) is 1.96. The number of hydrogen-bond donors (Lipinski definition) is 2. The summed E-state index contributed by atoms with van der Waals surface area (Å²) < 4.78 is 11.3. The highest BCUT2D eigenvalue weighted by atomic mass is 32.2. The summed E-state index contributed by atoms with van der Waals surface area (Å²) in [6, 6.07) is 10.7. The smallest absolute Gasteiger partial charge is 0.255 e. The quantitative estimate of drug-likeness (QED) is 0.886. The molecule has 0 bridgehead atoms. The normalized spacial score (nSPS) is 12.2. The van der Waals surface area contributed by atoms with Crippen molar-refractivity contribution >= 4 is 27.5 Å². The van der Waals surface area contributed by atoms with Crippen LogP contribution in [0.15, 0.2) is 36.4 Å². The van der Waals surface area contributed by atoms with Gasteiger partial charge in [0.15, 0.2) is 0 Å². The molecule has 0 aliphatic carbocycles. The molecule has 4 nitrogen and oxygen atoms in total. The molecule has 1 atom stereocenters. The third kappa shape index (κ3) is 3.17. The molecule has 20 heavy (non-hydrogen) atoms. The van der Waals surface area contributed by atoms with E-state index in [1.807, 2.05) is 25.1 Å². The summed E-state index contributed by atoms with van der Waals surface area (Å²) in [4.78, 5) is 12.0. The largest absolute Gasteiger partial charge is 0.506 e. The number of fused-ring (bicyclic) bond motifs is 1. The standard InChI is InChI=1S/C15H17NO3S/c1-2-20(19)10-9-16-15(18)13-8-7-11-5-3-4-6-12(11)14(13)17/h3-8,17H,2,9-10H2,1H3,(H,16,18). The van der Waals surface area contributed by atoms with Crippen molar-refractivity contribution in [2.45, 2.75) is 6.92 Å². The van der Waals surface area contributed by atoms with Crippen LogP contribution in [0.1, 0.15) is 17.3 Å². The Bertz CT molecular complexity index is 655. The van der Waals surface area contributed by atoms with Crippen molar-refractivity contribution < 1.29 is 14.1 Å². The van der Waals surface area contributed by atoms with E-state index in [0.29, 0.717) is 23.4 Å². The van der Waals surface area contributed by atoms with Crippen LogP contribution in [-0.4, -0.2) is 33.3 Å². The molecule has 0 aliphatic rings. The first-order chi connectivity index (χ1) is 9.63. The van der Waals surface area contributed by atoms with Crippen molar-refractivity contribution in [1.82, 2.24) is 5.32 Å². The van der Waals surface area contributed by atoms with Crippen LogP contribution in [0.3, 0.4) is 0 Å². The molecule has 2 aromatic carbocycles. The van der Waals surface area contributed by atoms with Gasteiger partial charge in [-0.2, -0.15) is 0 Å². The maximum absolute atomic E-state index is 12.0. The summed E-state index contributed by atoms with van der Waals surface area (Å²) >= 11 is 0. The molecule has 0 saturated carbocycles. The Labute approximate surface area is 120 Å². The second kappa shape index (κ2) is 6.52. The summed E-state index contributed by atoms with van der Waals surface area (Å²) in [5, 5.41) is 14.4. The minimum Gasteiger partial charge on any atom is -0.506 e. The highest BCUT2D eigenvalue weighted by Crippen LogP contribution is 2.28. The molecule has 2 rings (SSSR count). The summed E-state index contributed by atoms with van der Waals surface area (Å²) in [5.74, 6) is 0.645. The number of nitrogens with one attached hydrogen (secondary N) is 1. The van der Waals surface area contributed by atoms with Gasteiger partial charge in [0.1, 0.15) is 5.75 Å². The van der Waals surface area contributed by atoms with E-state index in [0.717, 1.165) is 5.39 Å². The van der Waals surface area contributed by atoms with Gasteiger partial charge < -0.3 is 10.4 Å². The van der Waals surface area contributed by atoms with E-state index in [1.165, 1.54) is 0 Å². The maximum atomic E-state index is 12.0. The maximum Gasteiger partial charge on any atom is 0.255 e. The third-order valence-electron chi connectivity index (χ3n) is 3.08. The van der Waals surface area contributed by atoms with Crippen LogP contribution in [0, 0.1) is 0 Å². The summed E-state index contributed by atoms with van der Waals surface area (Å²) in [5.41, 5.74) is 0.242. The number of rotatable bonds is 5. The van der Waals surface area contributed by atoms with Crippen molar-refractivity contribution in [1.29, 1.82) is 0 Å². The molecule has 0 saturated heterocycles. The number of benzene rings is 2. The second-order valence-electron chi connectivity index (χ2n) is 4.37. The molecule has 0 spiro atoms. The topological polar surface area (TPSA) is 66.4 Å². The average Bonchev–Trinajstić information content (AvgIpc) is 2.47. The van der Waals surface area contributed by atoms with Crippen molar-refractivity contribution in [2.24, 2.45) is 0 Å². The minimum atomic E-state index is -0.905. The first-order valence-corrected chi connectivity index (χ1v) is 7.96. The Morgan fingerprint density at radius 2 is 2.00 bits per heavy atom. The third-order valence-corrected chi connectivity index (χ3v) is 4.39. The van der Waals surface area contributed by atoms with E-state index < -0.39 is 10.8 Å². The molecule has 5 heteroatoms. The Balaban J connectivity index is 2.14. The molecule has 0 aromatic heterocycles. The lowest BCUT2D eigenvalue weighted by molar-refractivity contribution is 0.0954. The number of phenolic OH excluding ortho intramolecular Hbond substituents is 1. The molecule has 0 fully saturated rings. The van der Waals surface area contributed by atoms with Crippen LogP contribution in [0.25, 0.3) is 10.8 Å². The number of carbonyl (C=O) groups is 1. The predicted molar refractivity (Wildman–Crippen MR) is 81.5 cm³/mol. The molecule has 0 aliphatic heterocycles. The Morgan fingerprint density at radius 1 is 1.25 bits per heavy atom. The minimum absolute atomic E-state index is 0.0165. The molecule has 2 aromatic rings. The zero-order valence-corrected chi connectivity index (χ0v) is 12.1. The van der Waals surface area contributed by atoms with Gasteiger partial charge >= 0.3 is 0 Å². The second-order valence-corrected chi connectivity index (χ2v) is 6.24. The van der Waals surface area contributed by atoms with E-state index >= 15 is 0 Å². The molecule has 0 heterocycles. The Kier molecular flexibility index (Phi) is 4.74. The van der Waals surface area contributed by atoms with Crippen molar-refractivity contribution in [2.75, 3.05) is 18.1 Å². The monoisotopic (exact) mass is 291 g/mol. The van der Waals surface area contributed by atoms with E-state index in [9.17, 15) is 14.1 Å². The van der Waals surface area contributed by atoms with Gasteiger partial charge in [0, 0.05) is 34.2 Å². The SMILES string of the molecule is CCS(=O)CCNC(=O)c1ccc2ccccc2c1O. The first-order valence-electron chi connectivity index (χ1n) is 6.47. The molecule has 2 N–H and O–H groups in total. The number of amides is 1. The average molecular weight is 291 g/mol. The van der Waals surface area contributed by atoms with Crippen LogP contribution in [0.4, 0.5) is 0 Å². The lowest BCUT2D eigenvalue weighted by Gasteiger charge is -2.08. The molecule has 1 amide bonds. The number of carbonyl (C=O) groups excluding carboxylic acids is 1. The molecular formula is C15H17NO3S. The van der Waals surface area contributed by atoms with Gasteiger partial charge in [-0.1, -0.05) is 37.3 Å². The predicted octanol–water partition coefficient (Wildman–Crippen LogP) is 2.04. The number of hydrogen-bond acceptors (Lipinski definition) is 3. The van der Waals surface area contributed by atoms with Crippen LogP contribution >= 0.6 is 0 Å². The molecule has 1 unspecified atom stereocenters. The summed E-state index contributed by atoms with van der Waals surface area (Å²) in [7, 11) is -0.905. The summed E-state index contributed by atoms with van der Waals surface area (Å²) in [6.45, 7) is 2.18. The molecule has 0 radical (unpaired) electrons. The van der Waals surface area contributed by atoms with Gasteiger partial charge in [-0.3, -0.25) is 9.00 Å². The van der Waals surface area contributed by atoms with Crippen molar-refractivity contribution in [3.8, 4) is 5.75 Å². The van der Waals surface area contributed by atoms with Gasteiger partial charge in [0.05, 0.1) is 5.56 Å². The van der Waals surface area contributed by atoms with Crippen LogP contribution in [0.5, 0.6) is 5.75 Å². The van der Waals surface area contributed by atoms with E-state index in [2.05, 4.69) is 5.32 Å². The highest BCUT2D eigenvalue weighted by molar-refractivity contribution is 7.84. The lowest BCUT2D eigenvalue weighted by Crippen LogP contribution is -2.28. The lowest BCUT2D eigenvalue weighted by atomic mass is 10.0. The Morgan fingerprint density at radius 3 is 2.75 bits per heavy atom. The fraction of sp³-hybridized carbons (Fsp3) is 0.267. The van der Waals surface area contributed by atoms with Crippen molar-refractivity contribution in [3.63, 3.8) is 0 Å².